The Balaban J connectivity index is 2.45. The summed E-state index contributed by atoms with van der Waals surface area (Å²) in [6, 6.07) is 8.43. The molecule has 0 radical (unpaired) electrons. The average Bonchev–Trinajstić information content (AvgIpc) is 2.97. The normalized spacial score (nSPS) is 11.3. The van der Waals surface area contributed by atoms with E-state index in [0.717, 1.165) is 16.9 Å². The lowest BCUT2D eigenvalue weighted by molar-refractivity contribution is 0.0702. The van der Waals surface area contributed by atoms with Crippen LogP contribution in [0.2, 0.25) is 0 Å². The number of hydrogen-bond donors (Lipinski definition) is 1. The van der Waals surface area contributed by atoms with E-state index in [2.05, 4.69) is 0 Å². The van der Waals surface area contributed by atoms with Crippen molar-refractivity contribution in [1.82, 2.24) is 0 Å². The van der Waals surface area contributed by atoms with E-state index in [0.29, 0.717) is 12.1 Å². The summed E-state index contributed by atoms with van der Waals surface area (Å²) < 4.78 is 26.3. The van der Waals surface area contributed by atoms with Crippen LogP contribution in [0.25, 0.3) is 0 Å². The number of anilines is 1. The maximum atomic E-state index is 12.6. The summed E-state index contributed by atoms with van der Waals surface area (Å²) >= 11 is 0.902. The van der Waals surface area contributed by atoms with Crippen LogP contribution in [-0.2, 0) is 16.4 Å². The third kappa shape index (κ3) is 2.93. The van der Waals surface area contributed by atoms with E-state index in [-0.39, 0.29) is 9.77 Å². The summed E-state index contributed by atoms with van der Waals surface area (Å²) in [5, 5.41) is 10.3. The number of benzene rings is 1. The van der Waals surface area contributed by atoms with Crippen LogP contribution in [0.1, 0.15) is 22.2 Å². The first-order valence-corrected chi connectivity index (χ1v) is 8.58. The third-order valence-electron chi connectivity index (χ3n) is 3.16. The molecule has 1 aromatic carbocycles. The SMILES string of the molecule is CCc1ccccc1N(C)S(=O)(=O)c1csc(C(=O)O)c1. The number of carboxylic acids is 1. The first kappa shape index (κ1) is 15.5. The van der Waals surface area contributed by atoms with E-state index in [4.69, 9.17) is 5.11 Å². The monoisotopic (exact) mass is 325 g/mol. The Labute approximate surface area is 127 Å². The molecule has 0 saturated carbocycles. The molecule has 112 valence electrons. The second-order valence-electron chi connectivity index (χ2n) is 4.41. The standard InChI is InChI=1S/C14H15NO4S2/c1-3-10-6-4-5-7-12(10)15(2)21(18,19)11-8-13(14(16)17)20-9-11/h4-9H,3H2,1-2H3,(H,16,17). The maximum absolute atomic E-state index is 12.6. The lowest BCUT2D eigenvalue weighted by atomic mass is 10.1. The summed E-state index contributed by atoms with van der Waals surface area (Å²) in [4.78, 5) is 10.9. The zero-order chi connectivity index (χ0) is 15.6. The number of nitrogens with zero attached hydrogens (tertiary/aromatic N) is 1. The predicted octanol–water partition coefficient (Wildman–Crippen LogP) is 2.83. The molecule has 5 nitrogen and oxygen atoms in total. The topological polar surface area (TPSA) is 74.7 Å². The molecule has 0 spiro atoms. The minimum absolute atomic E-state index is 0.00157. The van der Waals surface area contributed by atoms with Gasteiger partial charge in [-0.05, 0) is 24.1 Å². The molecule has 0 amide bonds. The van der Waals surface area contributed by atoms with Gasteiger partial charge in [0.2, 0.25) is 0 Å². The van der Waals surface area contributed by atoms with Gasteiger partial charge in [0.05, 0.1) is 10.6 Å². The van der Waals surface area contributed by atoms with Crippen molar-refractivity contribution in [2.24, 2.45) is 0 Å². The van der Waals surface area contributed by atoms with Crippen molar-refractivity contribution in [2.75, 3.05) is 11.4 Å². The number of para-hydroxylation sites is 1. The molecule has 0 aliphatic carbocycles. The van der Waals surface area contributed by atoms with E-state index >= 15 is 0 Å². The number of carbonyl (C=O) groups is 1. The molecule has 7 heteroatoms. The van der Waals surface area contributed by atoms with Gasteiger partial charge in [0.25, 0.3) is 10.0 Å². The van der Waals surface area contributed by atoms with Gasteiger partial charge in [-0.3, -0.25) is 4.31 Å². The zero-order valence-electron chi connectivity index (χ0n) is 11.6. The van der Waals surface area contributed by atoms with Crippen LogP contribution >= 0.6 is 11.3 Å². The maximum Gasteiger partial charge on any atom is 0.345 e. The van der Waals surface area contributed by atoms with Crippen molar-refractivity contribution >= 4 is 33.0 Å². The van der Waals surface area contributed by atoms with Crippen molar-refractivity contribution in [3.63, 3.8) is 0 Å². The van der Waals surface area contributed by atoms with Crippen LogP contribution < -0.4 is 4.31 Å². The molecule has 2 aromatic rings. The Morgan fingerprint density at radius 1 is 1.33 bits per heavy atom. The number of sulfonamides is 1. The highest BCUT2D eigenvalue weighted by Crippen LogP contribution is 2.28. The molecule has 0 bridgehead atoms. The Morgan fingerprint density at radius 3 is 2.57 bits per heavy atom. The van der Waals surface area contributed by atoms with Crippen molar-refractivity contribution in [1.29, 1.82) is 0 Å². The molecule has 21 heavy (non-hydrogen) atoms. The van der Waals surface area contributed by atoms with Crippen LogP contribution in [0.15, 0.2) is 40.6 Å². The number of aryl methyl sites for hydroxylation is 1. The summed E-state index contributed by atoms with van der Waals surface area (Å²) in [6.45, 7) is 1.95. The quantitative estimate of drug-likeness (QED) is 0.917. The molecule has 1 aromatic heterocycles. The molecule has 1 heterocycles. The van der Waals surface area contributed by atoms with Crippen molar-refractivity contribution in [3.8, 4) is 0 Å². The molecular formula is C14H15NO4S2. The molecule has 0 saturated heterocycles. The fraction of sp³-hybridized carbons (Fsp3) is 0.214. The second-order valence-corrected chi connectivity index (χ2v) is 7.29. The average molecular weight is 325 g/mol. The van der Waals surface area contributed by atoms with Gasteiger partial charge in [-0.2, -0.15) is 0 Å². The predicted molar refractivity (Wildman–Crippen MR) is 82.7 cm³/mol. The highest BCUT2D eigenvalue weighted by molar-refractivity contribution is 7.93. The fourth-order valence-corrected chi connectivity index (χ4v) is 4.30. The van der Waals surface area contributed by atoms with Gasteiger partial charge in [-0.1, -0.05) is 25.1 Å². The fourth-order valence-electron chi connectivity index (χ4n) is 1.97. The largest absolute Gasteiger partial charge is 0.477 e. The van der Waals surface area contributed by atoms with Crippen LogP contribution in [0, 0.1) is 0 Å². The van der Waals surface area contributed by atoms with Gasteiger partial charge in [-0.15, -0.1) is 11.3 Å². The van der Waals surface area contributed by atoms with Crippen LogP contribution in [0.5, 0.6) is 0 Å². The smallest absolute Gasteiger partial charge is 0.345 e. The van der Waals surface area contributed by atoms with E-state index in [1.54, 1.807) is 12.1 Å². The van der Waals surface area contributed by atoms with E-state index in [1.807, 2.05) is 19.1 Å². The third-order valence-corrected chi connectivity index (χ3v) is 5.97. The number of carboxylic acid groups (broad SMARTS) is 1. The summed E-state index contributed by atoms with van der Waals surface area (Å²) in [5.74, 6) is -1.13. The van der Waals surface area contributed by atoms with Gasteiger partial charge < -0.3 is 5.11 Å². The molecule has 0 atom stereocenters. The second kappa shape index (κ2) is 5.87. The molecular weight excluding hydrogens is 310 g/mol. The minimum Gasteiger partial charge on any atom is -0.477 e. The van der Waals surface area contributed by atoms with Gasteiger partial charge in [0.15, 0.2) is 0 Å². The zero-order valence-corrected chi connectivity index (χ0v) is 13.2. The summed E-state index contributed by atoms with van der Waals surface area (Å²) in [5.41, 5.74) is 1.51. The van der Waals surface area contributed by atoms with Crippen LogP contribution in [-0.4, -0.2) is 26.5 Å². The van der Waals surface area contributed by atoms with E-state index in [9.17, 15) is 13.2 Å². The highest BCUT2D eigenvalue weighted by atomic mass is 32.2. The van der Waals surface area contributed by atoms with Gasteiger partial charge >= 0.3 is 5.97 Å². The number of thiophene rings is 1. The lowest BCUT2D eigenvalue weighted by Crippen LogP contribution is -2.27. The molecule has 2 rings (SSSR count). The Bertz CT molecular complexity index is 765. The molecule has 1 N–H and O–H groups in total. The highest BCUT2D eigenvalue weighted by Gasteiger charge is 2.25. The molecule has 0 aliphatic rings. The van der Waals surface area contributed by atoms with Gasteiger partial charge in [0, 0.05) is 12.4 Å². The molecule has 0 aliphatic heterocycles. The minimum atomic E-state index is -3.76. The first-order chi connectivity index (χ1) is 9.87. The van der Waals surface area contributed by atoms with Gasteiger partial charge in [-0.25, -0.2) is 13.2 Å². The first-order valence-electron chi connectivity index (χ1n) is 6.26. The molecule has 0 unspecified atom stereocenters. The van der Waals surface area contributed by atoms with Crippen molar-refractivity contribution in [2.45, 2.75) is 18.2 Å². The Morgan fingerprint density at radius 2 is 2.00 bits per heavy atom. The van der Waals surface area contributed by atoms with Gasteiger partial charge in [0.1, 0.15) is 4.88 Å². The summed E-state index contributed by atoms with van der Waals surface area (Å²) in [7, 11) is -2.28. The number of rotatable bonds is 5. The lowest BCUT2D eigenvalue weighted by Gasteiger charge is -2.21. The molecule has 0 fully saturated rings. The number of aromatic carboxylic acids is 1. The Hall–Kier alpha value is -1.86. The van der Waals surface area contributed by atoms with Crippen molar-refractivity contribution in [3.05, 3.63) is 46.2 Å². The van der Waals surface area contributed by atoms with Crippen LogP contribution in [0.4, 0.5) is 5.69 Å². The van der Waals surface area contributed by atoms with Crippen molar-refractivity contribution < 1.29 is 18.3 Å². The van der Waals surface area contributed by atoms with Crippen LogP contribution in [0.3, 0.4) is 0 Å². The summed E-state index contributed by atoms with van der Waals surface area (Å²) in [6.07, 6.45) is 0.708. The van der Waals surface area contributed by atoms with E-state index in [1.165, 1.54) is 22.8 Å². The van der Waals surface area contributed by atoms with E-state index < -0.39 is 16.0 Å². The Kier molecular flexibility index (Phi) is 4.34. The number of hydrogen-bond acceptors (Lipinski definition) is 4.